The first-order valence-corrected chi connectivity index (χ1v) is 3.92. The Morgan fingerprint density at radius 1 is 1.57 bits per heavy atom. The van der Waals surface area contributed by atoms with Crippen molar-refractivity contribution >= 4 is 18.4 Å². The lowest BCUT2D eigenvalue weighted by atomic mass is 10.2. The van der Waals surface area contributed by atoms with E-state index in [0.29, 0.717) is 12.2 Å². The van der Waals surface area contributed by atoms with Crippen LogP contribution in [0.25, 0.3) is 0 Å². The number of esters is 1. The zero-order valence-corrected chi connectivity index (χ0v) is 8.53. The average molecular weight is 218 g/mol. The molecule has 1 atom stereocenters. The van der Waals surface area contributed by atoms with Crippen molar-refractivity contribution in [1.29, 1.82) is 0 Å². The zero-order valence-electron chi connectivity index (χ0n) is 7.71. The third-order valence-electron chi connectivity index (χ3n) is 1.48. The molecule has 0 saturated heterocycles. The number of nitrogens with zero attached hydrogens (tertiary/aromatic N) is 2. The van der Waals surface area contributed by atoms with Crippen molar-refractivity contribution in [3.05, 3.63) is 24.3 Å². The molecule has 0 fully saturated rings. The Labute approximate surface area is 88.1 Å². The fraction of sp³-hybridized carbons (Fsp3) is 0.375. The predicted octanol–water partition coefficient (Wildman–Crippen LogP) is 0.461. The van der Waals surface area contributed by atoms with E-state index in [1.165, 1.54) is 18.7 Å². The summed E-state index contributed by atoms with van der Waals surface area (Å²) in [6.45, 7) is 2.05. The monoisotopic (exact) mass is 217 g/mol. The average Bonchev–Trinajstić information content (AvgIpc) is 2.18. The first-order valence-electron chi connectivity index (χ1n) is 3.92. The summed E-state index contributed by atoms with van der Waals surface area (Å²) in [6, 6.07) is -0.791. The van der Waals surface area contributed by atoms with Gasteiger partial charge in [-0.3, -0.25) is 0 Å². The SMILES string of the molecule is CCOC(=O)C(N)c1cncnc1.Cl. The molecule has 2 N–H and O–H groups in total. The predicted molar refractivity (Wildman–Crippen MR) is 52.8 cm³/mol. The highest BCUT2D eigenvalue weighted by Crippen LogP contribution is 2.07. The van der Waals surface area contributed by atoms with Crippen molar-refractivity contribution in [3.8, 4) is 0 Å². The van der Waals surface area contributed by atoms with Crippen LogP contribution in [0.15, 0.2) is 18.7 Å². The van der Waals surface area contributed by atoms with E-state index < -0.39 is 12.0 Å². The van der Waals surface area contributed by atoms with Gasteiger partial charge in [0.25, 0.3) is 0 Å². The number of hydrogen-bond acceptors (Lipinski definition) is 5. The molecule has 0 aromatic carbocycles. The lowest BCUT2D eigenvalue weighted by Crippen LogP contribution is -2.23. The first kappa shape index (κ1) is 12.8. The Morgan fingerprint density at radius 2 is 2.14 bits per heavy atom. The molecule has 0 bridgehead atoms. The highest BCUT2D eigenvalue weighted by molar-refractivity contribution is 5.85. The smallest absolute Gasteiger partial charge is 0.327 e. The molecular weight excluding hydrogens is 206 g/mol. The number of hydrogen-bond donors (Lipinski definition) is 1. The van der Waals surface area contributed by atoms with Gasteiger partial charge in [0, 0.05) is 18.0 Å². The number of rotatable bonds is 3. The van der Waals surface area contributed by atoms with Gasteiger partial charge in [-0.15, -0.1) is 12.4 Å². The van der Waals surface area contributed by atoms with E-state index in [9.17, 15) is 4.79 Å². The molecule has 5 nitrogen and oxygen atoms in total. The van der Waals surface area contributed by atoms with Crippen LogP contribution in [0.5, 0.6) is 0 Å². The first-order chi connectivity index (χ1) is 6.25. The van der Waals surface area contributed by atoms with Crippen LogP contribution in [-0.4, -0.2) is 22.5 Å². The van der Waals surface area contributed by atoms with Gasteiger partial charge in [0.1, 0.15) is 12.4 Å². The Hall–Kier alpha value is -1.20. The number of aromatic nitrogens is 2. The van der Waals surface area contributed by atoms with Crippen molar-refractivity contribution in [3.63, 3.8) is 0 Å². The van der Waals surface area contributed by atoms with Crippen LogP contribution < -0.4 is 5.73 Å². The Balaban J connectivity index is 0.00000169. The van der Waals surface area contributed by atoms with Crippen molar-refractivity contribution in [2.24, 2.45) is 5.73 Å². The van der Waals surface area contributed by atoms with Crippen LogP contribution >= 0.6 is 12.4 Å². The maximum Gasteiger partial charge on any atom is 0.327 e. The highest BCUT2D eigenvalue weighted by Gasteiger charge is 2.16. The number of halogens is 1. The van der Waals surface area contributed by atoms with Gasteiger partial charge >= 0.3 is 5.97 Å². The minimum absolute atomic E-state index is 0. The lowest BCUT2D eigenvalue weighted by Gasteiger charge is -2.08. The summed E-state index contributed by atoms with van der Waals surface area (Å²) in [7, 11) is 0. The number of ether oxygens (including phenoxy) is 1. The van der Waals surface area contributed by atoms with Gasteiger partial charge in [0.05, 0.1) is 6.61 Å². The van der Waals surface area contributed by atoms with Crippen LogP contribution in [0.1, 0.15) is 18.5 Å². The van der Waals surface area contributed by atoms with Crippen molar-refractivity contribution < 1.29 is 9.53 Å². The molecule has 14 heavy (non-hydrogen) atoms. The second-order valence-corrected chi connectivity index (χ2v) is 2.40. The summed E-state index contributed by atoms with van der Waals surface area (Å²) in [5, 5.41) is 0. The second-order valence-electron chi connectivity index (χ2n) is 2.40. The summed E-state index contributed by atoms with van der Waals surface area (Å²) in [5.41, 5.74) is 6.13. The molecule has 0 amide bonds. The van der Waals surface area contributed by atoms with Gasteiger partial charge in [-0.25, -0.2) is 14.8 Å². The number of nitrogens with two attached hydrogens (primary N) is 1. The van der Waals surface area contributed by atoms with Crippen LogP contribution in [0.2, 0.25) is 0 Å². The zero-order chi connectivity index (χ0) is 9.68. The Morgan fingerprint density at radius 3 is 2.64 bits per heavy atom. The molecule has 0 saturated carbocycles. The van der Waals surface area contributed by atoms with E-state index >= 15 is 0 Å². The molecule has 1 heterocycles. The molecule has 78 valence electrons. The minimum atomic E-state index is -0.791. The molecule has 1 rings (SSSR count). The molecule has 0 spiro atoms. The Kier molecular flexibility index (Phi) is 5.74. The highest BCUT2D eigenvalue weighted by atomic mass is 35.5. The summed E-state index contributed by atoms with van der Waals surface area (Å²) >= 11 is 0. The van der Waals surface area contributed by atoms with E-state index in [1.807, 2.05) is 0 Å². The second kappa shape index (κ2) is 6.28. The fourth-order valence-corrected chi connectivity index (χ4v) is 0.839. The van der Waals surface area contributed by atoms with Gasteiger partial charge in [0.2, 0.25) is 0 Å². The molecule has 1 aromatic rings. The van der Waals surface area contributed by atoms with E-state index in [2.05, 4.69) is 9.97 Å². The summed E-state index contributed by atoms with van der Waals surface area (Å²) in [6.07, 6.45) is 4.37. The summed E-state index contributed by atoms with van der Waals surface area (Å²) in [5.74, 6) is -0.461. The number of carbonyl (C=O) groups excluding carboxylic acids is 1. The van der Waals surface area contributed by atoms with Crippen LogP contribution in [-0.2, 0) is 9.53 Å². The van der Waals surface area contributed by atoms with Gasteiger partial charge in [0.15, 0.2) is 0 Å². The number of carbonyl (C=O) groups is 1. The standard InChI is InChI=1S/C8H11N3O2.ClH/c1-2-13-8(12)7(9)6-3-10-5-11-4-6;/h3-5,7H,2,9H2,1H3;1H. The van der Waals surface area contributed by atoms with Crippen LogP contribution in [0.4, 0.5) is 0 Å². The molecule has 0 aliphatic rings. The van der Waals surface area contributed by atoms with Crippen molar-refractivity contribution in [2.45, 2.75) is 13.0 Å². The fourth-order valence-electron chi connectivity index (χ4n) is 0.839. The summed E-state index contributed by atoms with van der Waals surface area (Å²) < 4.78 is 4.74. The van der Waals surface area contributed by atoms with Crippen molar-refractivity contribution in [1.82, 2.24) is 9.97 Å². The van der Waals surface area contributed by atoms with E-state index in [4.69, 9.17) is 10.5 Å². The van der Waals surface area contributed by atoms with E-state index in [-0.39, 0.29) is 12.4 Å². The van der Waals surface area contributed by atoms with Gasteiger partial charge in [-0.1, -0.05) is 0 Å². The molecular formula is C8H12ClN3O2. The maximum absolute atomic E-state index is 11.1. The molecule has 0 radical (unpaired) electrons. The minimum Gasteiger partial charge on any atom is -0.465 e. The normalized spacial score (nSPS) is 11.3. The van der Waals surface area contributed by atoms with Gasteiger partial charge < -0.3 is 10.5 Å². The van der Waals surface area contributed by atoms with Crippen LogP contribution in [0.3, 0.4) is 0 Å². The molecule has 0 aliphatic carbocycles. The third-order valence-corrected chi connectivity index (χ3v) is 1.48. The van der Waals surface area contributed by atoms with E-state index in [1.54, 1.807) is 6.92 Å². The largest absolute Gasteiger partial charge is 0.465 e. The molecule has 1 aromatic heterocycles. The van der Waals surface area contributed by atoms with E-state index in [0.717, 1.165) is 0 Å². The van der Waals surface area contributed by atoms with Gasteiger partial charge in [-0.2, -0.15) is 0 Å². The maximum atomic E-state index is 11.1. The topological polar surface area (TPSA) is 78.1 Å². The Bertz CT molecular complexity index is 281. The summed E-state index contributed by atoms with van der Waals surface area (Å²) in [4.78, 5) is 18.6. The van der Waals surface area contributed by atoms with Crippen LogP contribution in [0, 0.1) is 0 Å². The molecule has 6 heteroatoms. The molecule has 1 unspecified atom stereocenters. The van der Waals surface area contributed by atoms with Crippen molar-refractivity contribution in [2.75, 3.05) is 6.61 Å². The quantitative estimate of drug-likeness (QED) is 0.745. The third kappa shape index (κ3) is 3.27. The van der Waals surface area contributed by atoms with Gasteiger partial charge in [-0.05, 0) is 6.92 Å². The molecule has 0 aliphatic heterocycles. The lowest BCUT2D eigenvalue weighted by molar-refractivity contribution is -0.144.